The Balaban J connectivity index is 1.41. The lowest BCUT2D eigenvalue weighted by Gasteiger charge is -2.37. The van der Waals surface area contributed by atoms with Crippen LogP contribution in [0.5, 0.6) is 0 Å². The van der Waals surface area contributed by atoms with Gasteiger partial charge < -0.3 is 10.6 Å². The molecule has 1 amide bonds. The Labute approximate surface area is 227 Å². The Morgan fingerprint density at radius 1 is 1.12 bits per heavy atom. The van der Waals surface area contributed by atoms with Crippen molar-refractivity contribution in [1.82, 2.24) is 25.1 Å². The molecule has 1 atom stereocenters. The van der Waals surface area contributed by atoms with Gasteiger partial charge >= 0.3 is 6.18 Å². The molecule has 1 aromatic carbocycles. The molecular formula is C29H27F3N6O2. The highest BCUT2D eigenvalue weighted by Crippen LogP contribution is 2.52. The Kier molecular flexibility index (Phi) is 6.41. The van der Waals surface area contributed by atoms with E-state index in [2.05, 4.69) is 20.2 Å². The quantitative estimate of drug-likeness (QED) is 0.371. The Morgan fingerprint density at radius 2 is 1.95 bits per heavy atom. The van der Waals surface area contributed by atoms with Crippen molar-refractivity contribution in [3.63, 3.8) is 0 Å². The third-order valence-electron chi connectivity index (χ3n) is 8.06. The van der Waals surface area contributed by atoms with Gasteiger partial charge in [0.2, 0.25) is 5.91 Å². The van der Waals surface area contributed by atoms with Crippen molar-refractivity contribution in [2.75, 3.05) is 0 Å². The summed E-state index contributed by atoms with van der Waals surface area (Å²) in [6, 6.07) is 11.2. The zero-order chi connectivity index (χ0) is 28.1. The third-order valence-corrected chi connectivity index (χ3v) is 8.06. The summed E-state index contributed by atoms with van der Waals surface area (Å²) in [6.45, 7) is 0.163. The van der Waals surface area contributed by atoms with Gasteiger partial charge in [-0.25, -0.2) is 5.10 Å². The van der Waals surface area contributed by atoms with Gasteiger partial charge in [-0.15, -0.1) is 0 Å². The number of aromatic amines is 1. The lowest BCUT2D eigenvalue weighted by molar-refractivity contribution is -0.139. The first-order valence-electron chi connectivity index (χ1n) is 13.2. The first-order chi connectivity index (χ1) is 19.2. The normalized spacial score (nSPS) is 17.9. The summed E-state index contributed by atoms with van der Waals surface area (Å²) in [5, 5.41) is 7.57. The molecule has 40 heavy (non-hydrogen) atoms. The van der Waals surface area contributed by atoms with Crippen LogP contribution in [0.25, 0.3) is 10.8 Å². The number of aryl methyl sites for hydroxylation is 1. The van der Waals surface area contributed by atoms with Crippen LogP contribution in [0.2, 0.25) is 0 Å². The van der Waals surface area contributed by atoms with Gasteiger partial charge in [-0.2, -0.15) is 18.3 Å². The van der Waals surface area contributed by atoms with E-state index in [1.54, 1.807) is 23.2 Å². The molecule has 1 fully saturated rings. The number of carbonyl (C=O) groups is 1. The number of rotatable bonds is 6. The van der Waals surface area contributed by atoms with Crippen LogP contribution in [0.15, 0.2) is 59.7 Å². The SMILES string of the molecule is NCc1n[nH]c(=O)c2ccc(C3(C(=O)N(Cc4ccc(C(F)(F)F)cn4)C4CCCc5cccnc54)CC3)cc12. The number of aromatic nitrogens is 4. The fourth-order valence-electron chi connectivity index (χ4n) is 5.77. The van der Waals surface area contributed by atoms with E-state index in [0.29, 0.717) is 41.4 Å². The molecule has 3 N–H and O–H groups in total. The molecule has 0 spiro atoms. The molecule has 2 aliphatic rings. The minimum absolute atomic E-state index is 0.0439. The van der Waals surface area contributed by atoms with Crippen LogP contribution in [0.4, 0.5) is 13.2 Å². The van der Waals surface area contributed by atoms with Crippen LogP contribution >= 0.6 is 0 Å². The Bertz CT molecular complexity index is 1650. The largest absolute Gasteiger partial charge is 0.417 e. The van der Waals surface area contributed by atoms with E-state index in [1.807, 2.05) is 18.2 Å². The molecule has 0 saturated heterocycles. The Morgan fingerprint density at radius 3 is 2.65 bits per heavy atom. The van der Waals surface area contributed by atoms with Crippen molar-refractivity contribution in [2.24, 2.45) is 5.73 Å². The van der Waals surface area contributed by atoms with Gasteiger partial charge in [-0.05, 0) is 73.6 Å². The van der Waals surface area contributed by atoms with Crippen molar-refractivity contribution < 1.29 is 18.0 Å². The van der Waals surface area contributed by atoms with Gasteiger partial charge in [-0.1, -0.05) is 12.1 Å². The topological polar surface area (TPSA) is 118 Å². The predicted octanol–water partition coefficient (Wildman–Crippen LogP) is 4.33. The molecule has 8 nitrogen and oxygen atoms in total. The Hall–Kier alpha value is -4.12. The van der Waals surface area contributed by atoms with Gasteiger partial charge in [0.1, 0.15) is 0 Å². The van der Waals surface area contributed by atoms with E-state index in [9.17, 15) is 22.8 Å². The van der Waals surface area contributed by atoms with Crippen molar-refractivity contribution in [3.05, 3.63) is 99.0 Å². The molecule has 1 saturated carbocycles. The predicted molar refractivity (Wildman–Crippen MR) is 141 cm³/mol. The van der Waals surface area contributed by atoms with E-state index >= 15 is 0 Å². The zero-order valence-electron chi connectivity index (χ0n) is 21.5. The number of nitrogens with zero attached hydrogens (tertiary/aromatic N) is 4. The summed E-state index contributed by atoms with van der Waals surface area (Å²) in [5.74, 6) is -0.135. The molecule has 6 rings (SSSR count). The summed E-state index contributed by atoms with van der Waals surface area (Å²) in [4.78, 5) is 37.3. The van der Waals surface area contributed by atoms with Gasteiger partial charge in [0.25, 0.3) is 5.56 Å². The van der Waals surface area contributed by atoms with Crippen LogP contribution in [0, 0.1) is 0 Å². The maximum atomic E-state index is 14.5. The summed E-state index contributed by atoms with van der Waals surface area (Å²) in [6.07, 6.45) is 1.59. The number of pyridine rings is 2. The van der Waals surface area contributed by atoms with E-state index in [0.717, 1.165) is 41.9 Å². The fourth-order valence-corrected chi connectivity index (χ4v) is 5.77. The number of nitrogens with two attached hydrogens (primary N) is 1. The number of alkyl halides is 3. The van der Waals surface area contributed by atoms with Crippen molar-refractivity contribution in [1.29, 1.82) is 0 Å². The molecule has 206 valence electrons. The first-order valence-corrected chi connectivity index (χ1v) is 13.2. The minimum Gasteiger partial charge on any atom is -0.327 e. The molecule has 0 aliphatic heterocycles. The average Bonchev–Trinajstić information content (AvgIpc) is 3.77. The highest BCUT2D eigenvalue weighted by molar-refractivity contribution is 5.94. The molecule has 3 heterocycles. The summed E-state index contributed by atoms with van der Waals surface area (Å²) in [7, 11) is 0. The number of fused-ring (bicyclic) bond motifs is 2. The molecule has 4 aromatic rings. The molecular weight excluding hydrogens is 521 g/mol. The summed E-state index contributed by atoms with van der Waals surface area (Å²) < 4.78 is 39.5. The van der Waals surface area contributed by atoms with E-state index in [-0.39, 0.29) is 30.6 Å². The number of nitrogens with one attached hydrogen (secondary N) is 1. The van der Waals surface area contributed by atoms with Crippen molar-refractivity contribution >= 4 is 16.7 Å². The lowest BCUT2D eigenvalue weighted by atomic mass is 9.87. The van der Waals surface area contributed by atoms with Crippen LogP contribution in [-0.4, -0.2) is 31.0 Å². The van der Waals surface area contributed by atoms with Crippen LogP contribution in [0.1, 0.15) is 65.5 Å². The van der Waals surface area contributed by atoms with Crippen LogP contribution < -0.4 is 11.3 Å². The highest BCUT2D eigenvalue weighted by atomic mass is 19.4. The molecule has 1 unspecified atom stereocenters. The number of hydrogen-bond acceptors (Lipinski definition) is 6. The molecule has 0 bridgehead atoms. The van der Waals surface area contributed by atoms with Gasteiger partial charge in [-0.3, -0.25) is 19.6 Å². The van der Waals surface area contributed by atoms with E-state index < -0.39 is 17.2 Å². The fraction of sp³-hybridized carbons (Fsp3) is 0.345. The van der Waals surface area contributed by atoms with Gasteiger partial charge in [0.15, 0.2) is 0 Å². The van der Waals surface area contributed by atoms with Crippen molar-refractivity contribution in [3.8, 4) is 0 Å². The first kappa shape index (κ1) is 26.1. The summed E-state index contributed by atoms with van der Waals surface area (Å²) >= 11 is 0. The second-order valence-electron chi connectivity index (χ2n) is 10.5. The molecule has 2 aliphatic carbocycles. The summed E-state index contributed by atoms with van der Waals surface area (Å²) in [5.41, 5.74) is 7.37. The highest BCUT2D eigenvalue weighted by Gasteiger charge is 2.54. The minimum atomic E-state index is -4.50. The van der Waals surface area contributed by atoms with E-state index in [1.165, 1.54) is 6.07 Å². The average molecular weight is 549 g/mol. The number of amides is 1. The van der Waals surface area contributed by atoms with Crippen LogP contribution in [-0.2, 0) is 35.9 Å². The molecule has 0 radical (unpaired) electrons. The maximum Gasteiger partial charge on any atom is 0.417 e. The maximum absolute atomic E-state index is 14.5. The number of halogens is 3. The number of carbonyl (C=O) groups excluding carboxylic acids is 1. The number of hydrogen-bond donors (Lipinski definition) is 2. The smallest absolute Gasteiger partial charge is 0.327 e. The second kappa shape index (κ2) is 9.81. The zero-order valence-corrected chi connectivity index (χ0v) is 21.5. The lowest BCUT2D eigenvalue weighted by Crippen LogP contribution is -2.43. The number of H-pyrrole nitrogens is 1. The molecule has 3 aromatic heterocycles. The monoisotopic (exact) mass is 548 g/mol. The van der Waals surface area contributed by atoms with Gasteiger partial charge in [0, 0.05) is 24.3 Å². The van der Waals surface area contributed by atoms with E-state index in [4.69, 9.17) is 5.73 Å². The van der Waals surface area contributed by atoms with Crippen molar-refractivity contribution in [2.45, 2.75) is 62.8 Å². The van der Waals surface area contributed by atoms with Crippen LogP contribution in [0.3, 0.4) is 0 Å². The second-order valence-corrected chi connectivity index (χ2v) is 10.5. The van der Waals surface area contributed by atoms with Gasteiger partial charge in [0.05, 0.1) is 46.0 Å². The third kappa shape index (κ3) is 4.53. The molecule has 11 heteroatoms. The standard InChI is InChI=1S/C29H27F3N6O2/c30-29(31,32)19-6-8-20(35-15-19)16-38(24-5-1-3-17-4-2-12-34-25(17)24)27(40)28(10-11-28)18-7-9-21-22(13-18)23(14-33)36-37-26(21)39/h2,4,6-9,12-13,15,24H,1,3,5,10-11,14,16,33H2,(H,37,39). The number of benzene rings is 1.